The van der Waals surface area contributed by atoms with Gasteiger partial charge < -0.3 is 0 Å². The second-order valence-corrected chi connectivity index (χ2v) is 4.33. The molecule has 0 unspecified atom stereocenters. The maximum absolute atomic E-state index is 4.44. The highest BCUT2D eigenvalue weighted by atomic mass is 79.9. The fourth-order valence-electron chi connectivity index (χ4n) is 1.87. The number of halogens is 1. The summed E-state index contributed by atoms with van der Waals surface area (Å²) >= 11 is 3.58. The first kappa shape index (κ1) is 8.86. The average Bonchev–Trinajstić information content (AvgIpc) is 2.30. The summed E-state index contributed by atoms with van der Waals surface area (Å²) in [5.41, 5.74) is 1.06. The minimum atomic E-state index is 1.06. The summed E-state index contributed by atoms with van der Waals surface area (Å²) in [7, 11) is 0. The van der Waals surface area contributed by atoms with Crippen LogP contribution >= 0.6 is 15.9 Å². The fourth-order valence-corrected chi connectivity index (χ4v) is 2.43. The minimum absolute atomic E-state index is 1.06. The monoisotopic (exact) mass is 257 g/mol. The lowest BCUT2D eigenvalue weighted by Crippen LogP contribution is -1.82. The van der Waals surface area contributed by atoms with Gasteiger partial charge in [-0.1, -0.05) is 46.3 Å². The summed E-state index contributed by atoms with van der Waals surface area (Å²) in [6, 6.07) is 14.5. The van der Waals surface area contributed by atoms with E-state index < -0.39 is 0 Å². The van der Waals surface area contributed by atoms with E-state index in [0.29, 0.717) is 0 Å². The molecule has 0 aliphatic rings. The Hall–Kier alpha value is -1.41. The Kier molecular flexibility index (Phi) is 1.96. The van der Waals surface area contributed by atoms with Crippen LogP contribution in [0.1, 0.15) is 0 Å². The van der Waals surface area contributed by atoms with Crippen molar-refractivity contribution in [2.24, 2.45) is 0 Å². The van der Waals surface area contributed by atoms with Crippen LogP contribution in [0.5, 0.6) is 0 Å². The Labute approximate surface area is 95.9 Å². The van der Waals surface area contributed by atoms with Crippen LogP contribution in [-0.4, -0.2) is 4.98 Å². The van der Waals surface area contributed by atoms with Gasteiger partial charge in [0.2, 0.25) is 0 Å². The molecule has 3 rings (SSSR count). The van der Waals surface area contributed by atoms with E-state index in [1.165, 1.54) is 10.8 Å². The van der Waals surface area contributed by atoms with Crippen molar-refractivity contribution >= 4 is 37.6 Å². The SMILES string of the molecule is Brc1cc2ccccc2c2ncccc12. The fraction of sp³-hybridized carbons (Fsp3) is 0. The van der Waals surface area contributed by atoms with Gasteiger partial charge in [-0.15, -0.1) is 0 Å². The van der Waals surface area contributed by atoms with E-state index in [1.54, 1.807) is 0 Å². The van der Waals surface area contributed by atoms with Crippen molar-refractivity contribution in [3.8, 4) is 0 Å². The molecule has 0 amide bonds. The van der Waals surface area contributed by atoms with E-state index in [9.17, 15) is 0 Å². The second kappa shape index (κ2) is 3.31. The Morgan fingerprint density at radius 3 is 2.67 bits per heavy atom. The van der Waals surface area contributed by atoms with E-state index in [2.05, 4.69) is 45.2 Å². The van der Waals surface area contributed by atoms with Gasteiger partial charge in [0.15, 0.2) is 0 Å². The number of fused-ring (bicyclic) bond motifs is 3. The zero-order chi connectivity index (χ0) is 10.3. The van der Waals surface area contributed by atoms with Crippen LogP contribution in [0.4, 0.5) is 0 Å². The van der Waals surface area contributed by atoms with Crippen molar-refractivity contribution in [2.75, 3.05) is 0 Å². The van der Waals surface area contributed by atoms with Crippen LogP contribution in [0.3, 0.4) is 0 Å². The number of benzene rings is 2. The molecule has 0 radical (unpaired) electrons. The summed E-state index contributed by atoms with van der Waals surface area (Å²) in [6.45, 7) is 0. The molecule has 0 aliphatic heterocycles. The molecule has 0 N–H and O–H groups in total. The summed E-state index contributed by atoms with van der Waals surface area (Å²) < 4.78 is 1.10. The third-order valence-electron chi connectivity index (χ3n) is 2.56. The number of hydrogen-bond acceptors (Lipinski definition) is 1. The highest BCUT2D eigenvalue weighted by molar-refractivity contribution is 9.10. The molecule has 72 valence electrons. The van der Waals surface area contributed by atoms with Gasteiger partial charge >= 0.3 is 0 Å². The number of nitrogens with zero attached hydrogens (tertiary/aromatic N) is 1. The lowest BCUT2D eigenvalue weighted by molar-refractivity contribution is 1.42. The number of hydrogen-bond donors (Lipinski definition) is 0. The van der Waals surface area contributed by atoms with Crippen LogP contribution in [0.2, 0.25) is 0 Å². The van der Waals surface area contributed by atoms with Crippen molar-refractivity contribution in [3.63, 3.8) is 0 Å². The smallest absolute Gasteiger partial charge is 0.0791 e. The van der Waals surface area contributed by atoms with Crippen molar-refractivity contribution in [1.82, 2.24) is 4.98 Å². The van der Waals surface area contributed by atoms with Crippen LogP contribution < -0.4 is 0 Å². The van der Waals surface area contributed by atoms with Crippen LogP contribution in [0.15, 0.2) is 53.1 Å². The average molecular weight is 258 g/mol. The summed E-state index contributed by atoms with van der Waals surface area (Å²) in [4.78, 5) is 4.44. The first-order valence-electron chi connectivity index (χ1n) is 4.78. The maximum atomic E-state index is 4.44. The third kappa shape index (κ3) is 1.33. The van der Waals surface area contributed by atoms with Crippen molar-refractivity contribution in [3.05, 3.63) is 53.1 Å². The van der Waals surface area contributed by atoms with Crippen molar-refractivity contribution in [1.29, 1.82) is 0 Å². The van der Waals surface area contributed by atoms with Crippen LogP contribution in [0.25, 0.3) is 21.7 Å². The lowest BCUT2D eigenvalue weighted by Gasteiger charge is -2.04. The van der Waals surface area contributed by atoms with Gasteiger partial charge in [-0.25, -0.2) is 0 Å². The molecule has 0 spiro atoms. The highest BCUT2D eigenvalue weighted by Crippen LogP contribution is 2.29. The summed E-state index contributed by atoms with van der Waals surface area (Å²) in [5.74, 6) is 0. The van der Waals surface area contributed by atoms with Gasteiger partial charge in [-0.2, -0.15) is 0 Å². The van der Waals surface area contributed by atoms with Gasteiger partial charge in [0, 0.05) is 21.4 Å². The molecule has 0 fully saturated rings. The van der Waals surface area contributed by atoms with Gasteiger partial charge in [0.1, 0.15) is 0 Å². The number of rotatable bonds is 0. The third-order valence-corrected chi connectivity index (χ3v) is 3.22. The number of aromatic nitrogens is 1. The zero-order valence-corrected chi connectivity index (χ0v) is 9.53. The molecule has 15 heavy (non-hydrogen) atoms. The summed E-state index contributed by atoms with van der Waals surface area (Å²) in [5, 5.41) is 3.59. The predicted molar refractivity (Wildman–Crippen MR) is 66.9 cm³/mol. The molecule has 0 bridgehead atoms. The lowest BCUT2D eigenvalue weighted by atomic mass is 10.1. The van der Waals surface area contributed by atoms with Gasteiger partial charge in [0.05, 0.1) is 5.52 Å². The molecule has 1 aromatic heterocycles. The zero-order valence-electron chi connectivity index (χ0n) is 7.94. The molecule has 0 saturated carbocycles. The van der Waals surface area contributed by atoms with E-state index in [-0.39, 0.29) is 0 Å². The molecule has 2 heteroatoms. The first-order chi connectivity index (χ1) is 7.36. The Balaban J connectivity index is 2.64. The Morgan fingerprint density at radius 1 is 0.933 bits per heavy atom. The molecule has 0 atom stereocenters. The maximum Gasteiger partial charge on any atom is 0.0791 e. The molecular weight excluding hydrogens is 250 g/mol. The number of pyridine rings is 1. The van der Waals surface area contributed by atoms with Gasteiger partial charge in [-0.05, 0) is 17.5 Å². The second-order valence-electron chi connectivity index (χ2n) is 3.48. The standard InChI is InChI=1S/C13H8BrN/c14-12-8-9-4-1-2-5-10(9)13-11(12)6-3-7-15-13/h1-8H. The first-order valence-corrected chi connectivity index (χ1v) is 5.57. The Bertz CT molecular complexity index is 646. The van der Waals surface area contributed by atoms with Crippen molar-refractivity contribution < 1.29 is 0 Å². The molecular formula is C13H8BrN. The van der Waals surface area contributed by atoms with Gasteiger partial charge in [-0.3, -0.25) is 4.98 Å². The van der Waals surface area contributed by atoms with E-state index in [4.69, 9.17) is 0 Å². The van der Waals surface area contributed by atoms with Crippen LogP contribution in [0, 0.1) is 0 Å². The van der Waals surface area contributed by atoms with Gasteiger partial charge in [0.25, 0.3) is 0 Å². The van der Waals surface area contributed by atoms with E-state index in [0.717, 1.165) is 15.4 Å². The normalized spacial score (nSPS) is 11.0. The molecule has 0 aliphatic carbocycles. The molecule has 1 nitrogen and oxygen atoms in total. The highest BCUT2D eigenvalue weighted by Gasteiger charge is 2.03. The topological polar surface area (TPSA) is 12.9 Å². The van der Waals surface area contributed by atoms with Crippen LogP contribution in [-0.2, 0) is 0 Å². The molecule has 1 heterocycles. The quantitative estimate of drug-likeness (QED) is 0.552. The Morgan fingerprint density at radius 2 is 1.73 bits per heavy atom. The minimum Gasteiger partial charge on any atom is -0.256 e. The molecule has 0 saturated heterocycles. The van der Waals surface area contributed by atoms with Crippen molar-refractivity contribution in [2.45, 2.75) is 0 Å². The predicted octanol–water partition coefficient (Wildman–Crippen LogP) is 4.15. The largest absolute Gasteiger partial charge is 0.256 e. The summed E-state index contributed by atoms with van der Waals surface area (Å²) in [6.07, 6.45) is 1.83. The molecule has 2 aromatic carbocycles. The van der Waals surface area contributed by atoms with E-state index in [1.807, 2.05) is 24.4 Å². The van der Waals surface area contributed by atoms with E-state index >= 15 is 0 Å². The molecule has 3 aromatic rings.